The lowest BCUT2D eigenvalue weighted by atomic mass is 9.69. The van der Waals surface area contributed by atoms with Crippen LogP contribution in [0.2, 0.25) is 0 Å². The van der Waals surface area contributed by atoms with Crippen LogP contribution in [-0.4, -0.2) is 35.7 Å². The standard InChI is InChI=1S/C26H33N3O4S/c1-6-7-8-11-34-25-28-23-22(24(31)29-25)20(16-10-9-15(32-4)12-19(16)33-5)21-17(27-23)13-26(2,3)14-18(21)30/h9-10,12,20H,6-8,11,13-14H2,1-5H3,(H2,27,28,29,31). The molecular formula is C26H33N3O4S. The van der Waals surface area contributed by atoms with Gasteiger partial charge in [-0.25, -0.2) is 4.98 Å². The van der Waals surface area contributed by atoms with E-state index in [9.17, 15) is 9.59 Å². The lowest BCUT2D eigenvalue weighted by Gasteiger charge is -2.38. The van der Waals surface area contributed by atoms with Crippen molar-refractivity contribution in [3.63, 3.8) is 0 Å². The molecule has 34 heavy (non-hydrogen) atoms. The van der Waals surface area contributed by atoms with Gasteiger partial charge in [0.2, 0.25) is 0 Å². The molecule has 2 N–H and O–H groups in total. The number of aromatic nitrogens is 2. The third kappa shape index (κ3) is 4.73. The molecule has 0 saturated carbocycles. The number of ketones is 1. The van der Waals surface area contributed by atoms with Gasteiger partial charge in [-0.15, -0.1) is 0 Å². The maximum absolute atomic E-state index is 13.4. The minimum absolute atomic E-state index is 0.0460. The number of ether oxygens (including phenoxy) is 2. The lowest BCUT2D eigenvalue weighted by Crippen LogP contribution is -2.37. The number of thioether (sulfide) groups is 1. The summed E-state index contributed by atoms with van der Waals surface area (Å²) >= 11 is 1.56. The molecule has 1 unspecified atom stereocenters. The first-order valence-corrected chi connectivity index (χ1v) is 12.8. The number of nitrogens with zero attached hydrogens (tertiary/aromatic N) is 1. The van der Waals surface area contributed by atoms with Crippen LogP contribution in [0.3, 0.4) is 0 Å². The van der Waals surface area contributed by atoms with E-state index >= 15 is 0 Å². The van der Waals surface area contributed by atoms with Crippen molar-refractivity contribution in [1.29, 1.82) is 0 Å². The Morgan fingerprint density at radius 2 is 1.94 bits per heavy atom. The molecule has 4 rings (SSSR count). The molecule has 2 aliphatic rings. The molecule has 0 fully saturated rings. The highest BCUT2D eigenvalue weighted by Gasteiger charge is 2.43. The van der Waals surface area contributed by atoms with Crippen molar-refractivity contribution in [3.05, 3.63) is 50.9 Å². The number of allylic oxidation sites excluding steroid dienone is 2. The fraction of sp³-hybridized carbons (Fsp3) is 0.500. The van der Waals surface area contributed by atoms with E-state index in [0.717, 1.165) is 36.3 Å². The van der Waals surface area contributed by atoms with Crippen molar-refractivity contribution in [2.45, 2.75) is 63.9 Å². The number of methoxy groups -OCH3 is 2. The number of nitrogens with one attached hydrogen (secondary N) is 2. The minimum atomic E-state index is -0.564. The van der Waals surface area contributed by atoms with Gasteiger partial charge in [0, 0.05) is 35.1 Å². The van der Waals surface area contributed by atoms with Gasteiger partial charge in [-0.1, -0.05) is 51.4 Å². The maximum atomic E-state index is 13.4. The van der Waals surface area contributed by atoms with E-state index in [0.29, 0.717) is 46.5 Å². The Hall–Kier alpha value is -2.74. The summed E-state index contributed by atoms with van der Waals surface area (Å²) in [6.45, 7) is 6.35. The molecule has 0 amide bonds. The first kappa shape index (κ1) is 24.4. The molecule has 0 spiro atoms. The number of hydrogen-bond acceptors (Lipinski definition) is 7. The number of unbranched alkanes of at least 4 members (excludes halogenated alkanes) is 2. The predicted octanol–water partition coefficient (Wildman–Crippen LogP) is 5.27. The third-order valence-electron chi connectivity index (χ3n) is 6.44. The molecular weight excluding hydrogens is 450 g/mol. The van der Waals surface area contributed by atoms with Crippen LogP contribution in [-0.2, 0) is 4.79 Å². The zero-order chi connectivity index (χ0) is 24.5. The summed E-state index contributed by atoms with van der Waals surface area (Å²) in [5.74, 6) is 2.11. The minimum Gasteiger partial charge on any atom is -0.497 e. The van der Waals surface area contributed by atoms with Crippen molar-refractivity contribution in [3.8, 4) is 11.5 Å². The molecule has 0 saturated heterocycles. The monoisotopic (exact) mass is 483 g/mol. The predicted molar refractivity (Wildman–Crippen MR) is 135 cm³/mol. The normalized spacial score (nSPS) is 18.7. The molecule has 1 aliphatic heterocycles. The van der Waals surface area contributed by atoms with Crippen LogP contribution in [0, 0.1) is 5.41 Å². The molecule has 1 aromatic heterocycles. The van der Waals surface area contributed by atoms with Gasteiger partial charge in [0.15, 0.2) is 10.9 Å². The average molecular weight is 484 g/mol. The van der Waals surface area contributed by atoms with Crippen molar-refractivity contribution in [2.24, 2.45) is 5.41 Å². The number of anilines is 1. The number of H-pyrrole nitrogens is 1. The summed E-state index contributed by atoms with van der Waals surface area (Å²) in [7, 11) is 3.18. The third-order valence-corrected chi connectivity index (χ3v) is 7.40. The molecule has 2 aromatic rings. The molecule has 1 aliphatic carbocycles. The van der Waals surface area contributed by atoms with E-state index in [1.807, 2.05) is 12.1 Å². The highest BCUT2D eigenvalue weighted by Crippen LogP contribution is 2.49. The number of carbonyl (C=O) groups excluding carboxylic acids is 1. The Kier molecular flexibility index (Phi) is 7.07. The first-order chi connectivity index (χ1) is 16.3. The molecule has 2 heterocycles. The van der Waals surface area contributed by atoms with E-state index in [4.69, 9.17) is 14.5 Å². The Balaban J connectivity index is 1.86. The Labute approximate surface area is 204 Å². The summed E-state index contributed by atoms with van der Waals surface area (Å²) in [4.78, 5) is 34.6. The summed E-state index contributed by atoms with van der Waals surface area (Å²) in [5.41, 5.74) is 2.27. The van der Waals surface area contributed by atoms with Crippen LogP contribution < -0.4 is 20.3 Å². The fourth-order valence-electron chi connectivity index (χ4n) is 4.85. The summed E-state index contributed by atoms with van der Waals surface area (Å²) in [6.07, 6.45) is 4.49. The number of carbonyl (C=O) groups is 1. The van der Waals surface area contributed by atoms with Gasteiger partial charge in [0.05, 0.1) is 25.7 Å². The van der Waals surface area contributed by atoms with Gasteiger partial charge in [-0.05, 0) is 24.3 Å². The lowest BCUT2D eigenvalue weighted by molar-refractivity contribution is -0.118. The topological polar surface area (TPSA) is 93.3 Å². The van der Waals surface area contributed by atoms with E-state index in [2.05, 4.69) is 31.1 Å². The summed E-state index contributed by atoms with van der Waals surface area (Å²) < 4.78 is 11.0. The second kappa shape index (κ2) is 9.86. The summed E-state index contributed by atoms with van der Waals surface area (Å²) in [6, 6.07) is 5.49. The van der Waals surface area contributed by atoms with Crippen LogP contribution in [0.5, 0.6) is 11.5 Å². The second-order valence-corrected chi connectivity index (χ2v) is 10.8. The highest BCUT2D eigenvalue weighted by atomic mass is 32.2. The number of hydrogen-bond donors (Lipinski definition) is 2. The maximum Gasteiger partial charge on any atom is 0.257 e. The molecule has 1 atom stereocenters. The molecule has 182 valence electrons. The van der Waals surface area contributed by atoms with E-state index in [1.165, 1.54) is 0 Å². The Morgan fingerprint density at radius 3 is 2.65 bits per heavy atom. The Bertz CT molecular complexity index is 1190. The number of rotatable bonds is 8. The van der Waals surface area contributed by atoms with Crippen molar-refractivity contribution in [1.82, 2.24) is 9.97 Å². The van der Waals surface area contributed by atoms with Crippen LogP contribution in [0.15, 0.2) is 39.4 Å². The SMILES string of the molecule is CCCCCSc1nc2c(c(=O)[nH]1)C(c1ccc(OC)cc1OC)C1=C(CC(C)(C)CC1=O)N2. The number of Topliss-reactive ketones (excluding diaryl/α,β-unsaturated/α-hetero) is 1. The van der Waals surface area contributed by atoms with Crippen LogP contribution in [0.4, 0.5) is 5.82 Å². The molecule has 1 aromatic carbocycles. The van der Waals surface area contributed by atoms with Crippen LogP contribution in [0.25, 0.3) is 0 Å². The van der Waals surface area contributed by atoms with Gasteiger partial charge < -0.3 is 19.8 Å². The molecule has 8 heteroatoms. The number of fused-ring (bicyclic) bond motifs is 1. The smallest absolute Gasteiger partial charge is 0.257 e. The van der Waals surface area contributed by atoms with E-state index < -0.39 is 5.92 Å². The van der Waals surface area contributed by atoms with Gasteiger partial charge in [-0.2, -0.15) is 0 Å². The van der Waals surface area contributed by atoms with Crippen molar-refractivity contribution < 1.29 is 14.3 Å². The average Bonchev–Trinajstić information content (AvgIpc) is 2.79. The van der Waals surface area contributed by atoms with Crippen molar-refractivity contribution >= 4 is 23.4 Å². The van der Waals surface area contributed by atoms with Gasteiger partial charge in [0.1, 0.15) is 17.3 Å². The van der Waals surface area contributed by atoms with Crippen LogP contribution in [0.1, 0.15) is 69.9 Å². The molecule has 7 nitrogen and oxygen atoms in total. The van der Waals surface area contributed by atoms with E-state index in [-0.39, 0.29) is 16.8 Å². The van der Waals surface area contributed by atoms with Crippen molar-refractivity contribution in [2.75, 3.05) is 25.3 Å². The second-order valence-electron chi connectivity index (χ2n) is 9.69. The zero-order valence-corrected chi connectivity index (χ0v) is 21.4. The number of benzene rings is 1. The highest BCUT2D eigenvalue weighted by molar-refractivity contribution is 7.99. The fourth-order valence-corrected chi connectivity index (χ4v) is 5.71. The number of aromatic amines is 1. The van der Waals surface area contributed by atoms with Gasteiger partial charge in [0.25, 0.3) is 5.56 Å². The summed E-state index contributed by atoms with van der Waals surface area (Å²) in [5, 5.41) is 3.97. The molecule has 0 radical (unpaired) electrons. The van der Waals surface area contributed by atoms with Gasteiger partial charge in [-0.3, -0.25) is 9.59 Å². The quantitative estimate of drug-likeness (QED) is 0.300. The zero-order valence-electron chi connectivity index (χ0n) is 20.5. The van der Waals surface area contributed by atoms with Gasteiger partial charge >= 0.3 is 0 Å². The van der Waals surface area contributed by atoms with E-state index in [1.54, 1.807) is 32.0 Å². The van der Waals surface area contributed by atoms with Crippen LogP contribution >= 0.6 is 11.8 Å². The first-order valence-electron chi connectivity index (χ1n) is 11.8. The Morgan fingerprint density at radius 1 is 1.15 bits per heavy atom. The largest absolute Gasteiger partial charge is 0.497 e. The molecule has 0 bridgehead atoms.